The van der Waals surface area contributed by atoms with Crippen molar-refractivity contribution in [1.29, 1.82) is 5.41 Å². The molecule has 2 aliphatic heterocycles. The van der Waals surface area contributed by atoms with Crippen LogP contribution in [-0.2, 0) is 11.3 Å². The SMILES string of the molecule is CCOc1ccc(CNc2nc3ccccc3n2C2CCC(C)O2)cc1OCCCN1CCN(CC(=N)N)CC1. The van der Waals surface area contributed by atoms with Gasteiger partial charge < -0.3 is 30.2 Å². The predicted octanol–water partition coefficient (Wildman–Crippen LogP) is 4.07. The molecule has 0 bridgehead atoms. The maximum absolute atomic E-state index is 7.49. The number of para-hydroxylation sites is 2. The molecule has 0 saturated carbocycles. The number of amidine groups is 1. The molecule has 2 fully saturated rings. The van der Waals surface area contributed by atoms with E-state index in [9.17, 15) is 0 Å². The fourth-order valence-corrected chi connectivity index (χ4v) is 5.55. The fourth-order valence-electron chi connectivity index (χ4n) is 5.55. The van der Waals surface area contributed by atoms with E-state index in [-0.39, 0.29) is 18.2 Å². The molecule has 0 spiro atoms. The maximum atomic E-state index is 7.49. The highest BCUT2D eigenvalue weighted by Gasteiger charge is 2.27. The van der Waals surface area contributed by atoms with E-state index in [0.717, 1.165) is 86.0 Å². The molecule has 216 valence electrons. The summed E-state index contributed by atoms with van der Waals surface area (Å²) in [6, 6.07) is 14.4. The first-order valence-electron chi connectivity index (χ1n) is 14.5. The Labute approximate surface area is 236 Å². The highest BCUT2D eigenvalue weighted by Crippen LogP contribution is 2.34. The van der Waals surface area contributed by atoms with Crippen LogP contribution in [0.25, 0.3) is 11.0 Å². The summed E-state index contributed by atoms with van der Waals surface area (Å²) in [6.07, 6.45) is 3.20. The lowest BCUT2D eigenvalue weighted by atomic mass is 10.2. The molecule has 3 aromatic rings. The second kappa shape index (κ2) is 13.3. The third kappa shape index (κ3) is 7.04. The minimum atomic E-state index is -0.0127. The van der Waals surface area contributed by atoms with Crippen molar-refractivity contribution in [2.24, 2.45) is 5.73 Å². The van der Waals surface area contributed by atoms with Crippen LogP contribution in [0.1, 0.15) is 44.9 Å². The molecule has 2 aliphatic rings. The van der Waals surface area contributed by atoms with Gasteiger partial charge in [-0.1, -0.05) is 18.2 Å². The van der Waals surface area contributed by atoms with Gasteiger partial charge in [0.2, 0.25) is 5.95 Å². The monoisotopic (exact) mass is 549 g/mol. The number of hydrogen-bond acceptors (Lipinski definition) is 8. The number of rotatable bonds is 13. The molecule has 0 aliphatic carbocycles. The number of ether oxygens (including phenoxy) is 3. The van der Waals surface area contributed by atoms with Gasteiger partial charge in [-0.3, -0.25) is 14.9 Å². The van der Waals surface area contributed by atoms with Crippen molar-refractivity contribution in [2.45, 2.75) is 52.0 Å². The van der Waals surface area contributed by atoms with E-state index in [1.807, 2.05) is 31.2 Å². The third-order valence-corrected chi connectivity index (χ3v) is 7.59. The molecule has 10 nitrogen and oxygen atoms in total. The number of aromatic nitrogens is 2. The van der Waals surface area contributed by atoms with Gasteiger partial charge in [-0.25, -0.2) is 4.98 Å². The average Bonchev–Trinajstić information content (AvgIpc) is 3.54. The zero-order chi connectivity index (χ0) is 27.9. The summed E-state index contributed by atoms with van der Waals surface area (Å²) in [7, 11) is 0. The summed E-state index contributed by atoms with van der Waals surface area (Å²) in [4.78, 5) is 9.57. The summed E-state index contributed by atoms with van der Waals surface area (Å²) in [5.41, 5.74) is 8.69. The average molecular weight is 550 g/mol. The molecule has 5 rings (SSSR count). The van der Waals surface area contributed by atoms with Crippen molar-refractivity contribution >= 4 is 22.8 Å². The van der Waals surface area contributed by atoms with E-state index >= 15 is 0 Å². The summed E-state index contributed by atoms with van der Waals surface area (Å²) in [6.45, 7) is 11.4. The largest absolute Gasteiger partial charge is 0.490 e. The number of hydrogen-bond donors (Lipinski definition) is 3. The molecule has 10 heteroatoms. The molecule has 0 radical (unpaired) electrons. The Kier molecular flexibility index (Phi) is 9.41. The number of nitrogens with zero attached hydrogens (tertiary/aromatic N) is 4. The Morgan fingerprint density at radius 2 is 1.88 bits per heavy atom. The minimum absolute atomic E-state index is 0.0127. The summed E-state index contributed by atoms with van der Waals surface area (Å²) >= 11 is 0. The first kappa shape index (κ1) is 28.2. The zero-order valence-electron chi connectivity index (χ0n) is 23.8. The number of piperazine rings is 1. The van der Waals surface area contributed by atoms with E-state index in [4.69, 9.17) is 30.3 Å². The molecule has 3 heterocycles. The fraction of sp³-hybridized carbons (Fsp3) is 0.533. The van der Waals surface area contributed by atoms with E-state index in [1.165, 1.54) is 0 Å². The summed E-state index contributed by atoms with van der Waals surface area (Å²) < 4.78 is 20.5. The normalized spacial score (nSPS) is 20.1. The molecular weight excluding hydrogens is 506 g/mol. The van der Waals surface area contributed by atoms with Gasteiger partial charge in [0.25, 0.3) is 0 Å². The molecule has 2 saturated heterocycles. The van der Waals surface area contributed by atoms with Crippen molar-refractivity contribution in [3.8, 4) is 11.5 Å². The number of imidazole rings is 1. The van der Waals surface area contributed by atoms with E-state index in [0.29, 0.717) is 26.3 Å². The highest BCUT2D eigenvalue weighted by atomic mass is 16.5. The summed E-state index contributed by atoms with van der Waals surface area (Å²) in [5, 5.41) is 11.0. The zero-order valence-corrected chi connectivity index (χ0v) is 23.8. The van der Waals surface area contributed by atoms with E-state index < -0.39 is 0 Å². The van der Waals surface area contributed by atoms with Gasteiger partial charge in [-0.05, 0) is 62.9 Å². The van der Waals surface area contributed by atoms with Gasteiger partial charge in [-0.2, -0.15) is 0 Å². The van der Waals surface area contributed by atoms with Crippen molar-refractivity contribution in [2.75, 3.05) is 57.8 Å². The standard InChI is InChI=1S/C30H43N7O3/c1-3-38-26-11-10-23(19-27(26)39-18-6-13-35-14-16-36(17-15-35)21-28(31)32)20-33-30-34-24-7-4-5-8-25(24)37(30)29-12-9-22(2)40-29/h4-5,7-8,10-11,19,22,29H,3,6,9,12-18,20-21H2,1-2H3,(H3,31,32)(H,33,34). The minimum Gasteiger partial charge on any atom is -0.490 e. The van der Waals surface area contributed by atoms with Gasteiger partial charge in [0, 0.05) is 39.3 Å². The van der Waals surface area contributed by atoms with Gasteiger partial charge in [0.15, 0.2) is 11.5 Å². The molecule has 0 amide bonds. The van der Waals surface area contributed by atoms with Crippen LogP contribution >= 0.6 is 0 Å². The van der Waals surface area contributed by atoms with Crippen LogP contribution in [0, 0.1) is 5.41 Å². The van der Waals surface area contributed by atoms with Crippen LogP contribution in [-0.4, -0.2) is 83.8 Å². The quantitative estimate of drug-likeness (QED) is 0.166. The number of benzene rings is 2. The van der Waals surface area contributed by atoms with Crippen molar-refractivity contribution in [3.05, 3.63) is 48.0 Å². The Bertz CT molecular complexity index is 1270. The van der Waals surface area contributed by atoms with Crippen molar-refractivity contribution in [3.63, 3.8) is 0 Å². The molecule has 40 heavy (non-hydrogen) atoms. The highest BCUT2D eigenvalue weighted by molar-refractivity contribution is 5.79. The first-order valence-corrected chi connectivity index (χ1v) is 14.5. The van der Waals surface area contributed by atoms with Gasteiger partial charge in [0.05, 0.1) is 36.9 Å². The van der Waals surface area contributed by atoms with Crippen LogP contribution < -0.4 is 20.5 Å². The van der Waals surface area contributed by atoms with Crippen molar-refractivity contribution < 1.29 is 14.2 Å². The second-order valence-corrected chi connectivity index (χ2v) is 10.7. The lowest BCUT2D eigenvalue weighted by Gasteiger charge is -2.34. The topological polar surface area (TPSA) is 114 Å². The number of anilines is 1. The van der Waals surface area contributed by atoms with Gasteiger partial charge >= 0.3 is 0 Å². The first-order chi connectivity index (χ1) is 19.5. The summed E-state index contributed by atoms with van der Waals surface area (Å²) in [5.74, 6) is 2.60. The van der Waals surface area contributed by atoms with E-state index in [2.05, 4.69) is 44.8 Å². The molecule has 1 aromatic heterocycles. The smallest absolute Gasteiger partial charge is 0.206 e. The number of nitrogens with one attached hydrogen (secondary N) is 2. The van der Waals surface area contributed by atoms with Crippen LogP contribution in [0.15, 0.2) is 42.5 Å². The Balaban J connectivity index is 1.19. The van der Waals surface area contributed by atoms with Crippen LogP contribution in [0.2, 0.25) is 0 Å². The van der Waals surface area contributed by atoms with Crippen LogP contribution in [0.4, 0.5) is 5.95 Å². The maximum Gasteiger partial charge on any atom is 0.206 e. The molecule has 2 aromatic carbocycles. The number of fused-ring (bicyclic) bond motifs is 1. The van der Waals surface area contributed by atoms with Crippen molar-refractivity contribution in [1.82, 2.24) is 19.4 Å². The molecular formula is C30H43N7O3. The lowest BCUT2D eigenvalue weighted by Crippen LogP contribution is -2.48. The molecule has 2 atom stereocenters. The lowest BCUT2D eigenvalue weighted by molar-refractivity contribution is 0.0147. The Morgan fingerprint density at radius 3 is 2.62 bits per heavy atom. The third-order valence-electron chi connectivity index (χ3n) is 7.59. The Hall–Kier alpha value is -3.34. The van der Waals surface area contributed by atoms with Gasteiger partial charge in [-0.15, -0.1) is 0 Å². The predicted molar refractivity (Wildman–Crippen MR) is 158 cm³/mol. The van der Waals surface area contributed by atoms with Crippen LogP contribution in [0.5, 0.6) is 11.5 Å². The van der Waals surface area contributed by atoms with Gasteiger partial charge in [0.1, 0.15) is 12.1 Å². The van der Waals surface area contributed by atoms with Crippen LogP contribution in [0.3, 0.4) is 0 Å². The second-order valence-electron chi connectivity index (χ2n) is 10.7. The molecule has 4 N–H and O–H groups in total. The number of nitrogens with two attached hydrogens (primary N) is 1. The van der Waals surface area contributed by atoms with E-state index in [1.54, 1.807) is 0 Å². The molecule has 2 unspecified atom stereocenters. The Morgan fingerprint density at radius 1 is 1.07 bits per heavy atom.